The molecule has 3 rings (SSSR count). The smallest absolute Gasteiger partial charge is 0.119 e. The normalized spacial score (nSPS) is 11.6. The number of aromatic nitrogens is 2. The summed E-state index contributed by atoms with van der Waals surface area (Å²) < 4.78 is 4.36. The molecule has 1 aromatic carbocycles. The predicted octanol–water partition coefficient (Wildman–Crippen LogP) is 2.32. The molecule has 0 aliphatic heterocycles. The molecule has 3 aromatic rings. The molecule has 0 saturated heterocycles. The van der Waals surface area contributed by atoms with Gasteiger partial charge in [0, 0.05) is 18.8 Å². The molecule has 15 heavy (non-hydrogen) atoms. The number of hydrogen-bond acceptors (Lipinski definition) is 1. The lowest BCUT2D eigenvalue weighted by atomic mass is 10.3. The number of rotatable bonds is 0. The van der Waals surface area contributed by atoms with Crippen molar-refractivity contribution in [2.75, 3.05) is 5.73 Å². The van der Waals surface area contributed by atoms with E-state index in [0.717, 1.165) is 17.0 Å². The van der Waals surface area contributed by atoms with Gasteiger partial charge in [-0.1, -0.05) is 12.1 Å². The topological polar surface area (TPSA) is 35.4 Å². The molecule has 0 amide bonds. The van der Waals surface area contributed by atoms with E-state index < -0.39 is 0 Å². The maximum Gasteiger partial charge on any atom is 0.119 e. The number of imidazole rings is 1. The maximum absolute atomic E-state index is 5.92. The fraction of sp³-hybridized carbons (Fsp3) is 0.167. The van der Waals surface area contributed by atoms with E-state index in [1.54, 1.807) is 0 Å². The van der Waals surface area contributed by atoms with Crippen molar-refractivity contribution < 1.29 is 0 Å². The first kappa shape index (κ1) is 8.41. The maximum atomic E-state index is 5.92. The molecule has 0 unspecified atom stereocenters. The van der Waals surface area contributed by atoms with Crippen molar-refractivity contribution in [1.82, 2.24) is 8.97 Å². The SMILES string of the molecule is Cc1c(N)cc2n(C)c3ccccc3n12. The van der Waals surface area contributed by atoms with E-state index in [1.807, 2.05) is 6.07 Å². The van der Waals surface area contributed by atoms with Crippen LogP contribution >= 0.6 is 0 Å². The second-order valence-corrected chi connectivity index (χ2v) is 3.93. The third kappa shape index (κ3) is 0.897. The van der Waals surface area contributed by atoms with Crippen molar-refractivity contribution in [3.8, 4) is 0 Å². The fourth-order valence-corrected chi connectivity index (χ4v) is 2.22. The predicted molar refractivity (Wildman–Crippen MR) is 63.0 cm³/mol. The molecule has 3 nitrogen and oxygen atoms in total. The van der Waals surface area contributed by atoms with Crippen molar-refractivity contribution in [2.24, 2.45) is 7.05 Å². The molecule has 3 heteroatoms. The Morgan fingerprint density at radius 1 is 1.13 bits per heavy atom. The van der Waals surface area contributed by atoms with Gasteiger partial charge in [-0.3, -0.25) is 4.40 Å². The third-order valence-corrected chi connectivity index (χ3v) is 3.09. The lowest BCUT2D eigenvalue weighted by Gasteiger charge is -1.95. The molecule has 2 N–H and O–H groups in total. The van der Waals surface area contributed by atoms with Gasteiger partial charge in [-0.05, 0) is 19.1 Å². The van der Waals surface area contributed by atoms with Crippen molar-refractivity contribution >= 4 is 22.4 Å². The first-order valence-corrected chi connectivity index (χ1v) is 5.01. The molecule has 2 aromatic heterocycles. The summed E-state index contributed by atoms with van der Waals surface area (Å²) in [5, 5.41) is 0. The van der Waals surface area contributed by atoms with Crippen LogP contribution in [0.4, 0.5) is 5.69 Å². The number of nitrogen functional groups attached to an aromatic ring is 1. The van der Waals surface area contributed by atoms with E-state index in [0.29, 0.717) is 0 Å². The van der Waals surface area contributed by atoms with Crippen LogP contribution in [0.5, 0.6) is 0 Å². The molecular weight excluding hydrogens is 186 g/mol. The number of benzene rings is 1. The number of para-hydroxylation sites is 2. The Morgan fingerprint density at radius 3 is 2.53 bits per heavy atom. The highest BCUT2D eigenvalue weighted by atomic mass is 15.1. The summed E-state index contributed by atoms with van der Waals surface area (Å²) in [7, 11) is 2.07. The van der Waals surface area contributed by atoms with Gasteiger partial charge in [-0.2, -0.15) is 0 Å². The minimum Gasteiger partial charge on any atom is -0.397 e. The van der Waals surface area contributed by atoms with Crippen LogP contribution in [0, 0.1) is 6.92 Å². The van der Waals surface area contributed by atoms with Crippen molar-refractivity contribution in [3.63, 3.8) is 0 Å². The standard InChI is InChI=1S/C12H13N3/c1-8-9(13)7-12-14(2)10-5-3-4-6-11(10)15(8)12/h3-7H,13H2,1-2H3. The van der Waals surface area contributed by atoms with Crippen LogP contribution in [0.2, 0.25) is 0 Å². The first-order valence-electron chi connectivity index (χ1n) is 5.01. The minimum atomic E-state index is 0.853. The number of aryl methyl sites for hydroxylation is 2. The first-order chi connectivity index (χ1) is 7.20. The molecule has 0 saturated carbocycles. The summed E-state index contributed by atoms with van der Waals surface area (Å²) in [6.07, 6.45) is 0. The minimum absolute atomic E-state index is 0.853. The Morgan fingerprint density at radius 2 is 1.80 bits per heavy atom. The average Bonchev–Trinajstić information content (AvgIpc) is 2.68. The second-order valence-electron chi connectivity index (χ2n) is 3.93. The zero-order valence-electron chi connectivity index (χ0n) is 8.86. The summed E-state index contributed by atoms with van der Waals surface area (Å²) >= 11 is 0. The highest BCUT2D eigenvalue weighted by Gasteiger charge is 2.11. The zero-order valence-corrected chi connectivity index (χ0v) is 8.86. The summed E-state index contributed by atoms with van der Waals surface area (Å²) in [4.78, 5) is 0. The van der Waals surface area contributed by atoms with Crippen LogP contribution in [0.3, 0.4) is 0 Å². The van der Waals surface area contributed by atoms with Gasteiger partial charge in [0.05, 0.1) is 16.7 Å². The van der Waals surface area contributed by atoms with E-state index in [-0.39, 0.29) is 0 Å². The monoisotopic (exact) mass is 199 g/mol. The molecule has 0 atom stereocenters. The van der Waals surface area contributed by atoms with E-state index in [1.165, 1.54) is 11.0 Å². The van der Waals surface area contributed by atoms with Gasteiger partial charge >= 0.3 is 0 Å². The number of nitrogens with two attached hydrogens (primary N) is 1. The Bertz CT molecular complexity index is 658. The largest absolute Gasteiger partial charge is 0.397 e. The lowest BCUT2D eigenvalue weighted by molar-refractivity contribution is 0.988. The molecular formula is C12H13N3. The Labute approximate surface area is 87.7 Å². The van der Waals surface area contributed by atoms with Gasteiger partial charge in [0.15, 0.2) is 0 Å². The van der Waals surface area contributed by atoms with Crippen molar-refractivity contribution in [2.45, 2.75) is 6.92 Å². The Kier molecular flexibility index (Phi) is 1.44. The van der Waals surface area contributed by atoms with Crippen molar-refractivity contribution in [3.05, 3.63) is 36.0 Å². The fourth-order valence-electron chi connectivity index (χ4n) is 2.22. The second kappa shape index (κ2) is 2.57. The van der Waals surface area contributed by atoms with E-state index in [4.69, 9.17) is 5.73 Å². The molecule has 0 radical (unpaired) electrons. The molecule has 0 aliphatic carbocycles. The molecule has 0 aliphatic rings. The molecule has 2 heterocycles. The zero-order chi connectivity index (χ0) is 10.6. The van der Waals surface area contributed by atoms with E-state index >= 15 is 0 Å². The highest BCUT2D eigenvalue weighted by molar-refractivity contribution is 5.84. The summed E-state index contributed by atoms with van der Waals surface area (Å²) in [5.74, 6) is 0. The number of nitrogens with zero attached hydrogens (tertiary/aromatic N) is 2. The molecule has 0 spiro atoms. The molecule has 76 valence electrons. The van der Waals surface area contributed by atoms with Gasteiger partial charge in [0.1, 0.15) is 5.65 Å². The Hall–Kier alpha value is -1.90. The van der Waals surface area contributed by atoms with Gasteiger partial charge in [0.2, 0.25) is 0 Å². The van der Waals surface area contributed by atoms with Crippen LogP contribution < -0.4 is 5.73 Å². The van der Waals surface area contributed by atoms with Gasteiger partial charge in [-0.25, -0.2) is 0 Å². The van der Waals surface area contributed by atoms with Crippen LogP contribution in [-0.4, -0.2) is 8.97 Å². The molecule has 0 bridgehead atoms. The van der Waals surface area contributed by atoms with Crippen LogP contribution in [-0.2, 0) is 7.05 Å². The summed E-state index contributed by atoms with van der Waals surface area (Å²) in [6, 6.07) is 10.4. The number of fused-ring (bicyclic) bond motifs is 3. The van der Waals surface area contributed by atoms with Gasteiger partial charge in [-0.15, -0.1) is 0 Å². The average molecular weight is 199 g/mol. The molecule has 0 fully saturated rings. The Balaban J connectivity index is 2.68. The summed E-state index contributed by atoms with van der Waals surface area (Å²) in [5.41, 5.74) is 11.5. The van der Waals surface area contributed by atoms with Crippen LogP contribution in [0.1, 0.15) is 5.69 Å². The third-order valence-electron chi connectivity index (χ3n) is 3.09. The van der Waals surface area contributed by atoms with Crippen LogP contribution in [0.25, 0.3) is 16.7 Å². The quantitative estimate of drug-likeness (QED) is 0.592. The highest BCUT2D eigenvalue weighted by Crippen LogP contribution is 2.26. The van der Waals surface area contributed by atoms with E-state index in [2.05, 4.69) is 47.2 Å². The van der Waals surface area contributed by atoms with Crippen LogP contribution in [0.15, 0.2) is 30.3 Å². The van der Waals surface area contributed by atoms with Crippen molar-refractivity contribution in [1.29, 1.82) is 0 Å². The number of hydrogen-bond donors (Lipinski definition) is 1. The van der Waals surface area contributed by atoms with E-state index in [9.17, 15) is 0 Å². The van der Waals surface area contributed by atoms with Gasteiger partial charge in [0.25, 0.3) is 0 Å². The number of anilines is 1. The summed E-state index contributed by atoms with van der Waals surface area (Å²) in [6.45, 7) is 2.05. The van der Waals surface area contributed by atoms with Gasteiger partial charge < -0.3 is 10.3 Å². The lowest BCUT2D eigenvalue weighted by Crippen LogP contribution is -1.88.